The zero-order valence-electron chi connectivity index (χ0n) is 9.26. The van der Waals surface area contributed by atoms with E-state index in [0.717, 1.165) is 6.07 Å². The number of nitrogens with one attached hydrogen (secondary N) is 1. The Bertz CT molecular complexity index is 342. The van der Waals surface area contributed by atoms with Crippen LogP contribution in [0.3, 0.4) is 0 Å². The Morgan fingerprint density at radius 3 is 2.41 bits per heavy atom. The second kappa shape index (κ2) is 6.83. The Hall–Kier alpha value is -0.780. The standard InChI is InChI=1S/C11H14F3NO.ClH/c1-8(16)6-15-7-9-4-2-3-5-10(9)11(12,13)14;/h2-5,8,15-16H,6-7H2,1H3;1H/p-1. The van der Waals surface area contributed by atoms with Crippen LogP contribution in [-0.2, 0) is 12.7 Å². The smallest absolute Gasteiger partial charge is 0.416 e. The fraction of sp³-hybridized carbons (Fsp3) is 0.455. The van der Waals surface area contributed by atoms with Gasteiger partial charge in [-0.1, -0.05) is 18.2 Å². The average molecular weight is 269 g/mol. The van der Waals surface area contributed by atoms with Gasteiger partial charge in [0.25, 0.3) is 0 Å². The fourth-order valence-corrected chi connectivity index (χ4v) is 1.37. The van der Waals surface area contributed by atoms with Gasteiger partial charge >= 0.3 is 6.18 Å². The summed E-state index contributed by atoms with van der Waals surface area (Å²) in [6.07, 6.45) is -4.90. The van der Waals surface area contributed by atoms with Crippen molar-refractivity contribution in [1.29, 1.82) is 0 Å². The molecule has 1 rings (SSSR count). The summed E-state index contributed by atoms with van der Waals surface area (Å²) in [7, 11) is 0. The van der Waals surface area contributed by atoms with Gasteiger partial charge in [-0.3, -0.25) is 0 Å². The van der Waals surface area contributed by atoms with Gasteiger partial charge in [0.15, 0.2) is 0 Å². The molecule has 0 saturated heterocycles. The topological polar surface area (TPSA) is 32.3 Å². The summed E-state index contributed by atoms with van der Waals surface area (Å²) in [6, 6.07) is 5.41. The molecule has 0 aliphatic rings. The molecule has 2 nitrogen and oxygen atoms in total. The molecular formula is C11H14ClF3NO-. The second-order valence-corrected chi connectivity index (χ2v) is 3.63. The van der Waals surface area contributed by atoms with Crippen LogP contribution in [0.25, 0.3) is 0 Å². The summed E-state index contributed by atoms with van der Waals surface area (Å²) >= 11 is 0. The van der Waals surface area contributed by atoms with Gasteiger partial charge in [-0.25, -0.2) is 0 Å². The van der Waals surface area contributed by atoms with Gasteiger partial charge in [0.2, 0.25) is 0 Å². The monoisotopic (exact) mass is 268 g/mol. The van der Waals surface area contributed by atoms with Crippen molar-refractivity contribution in [3.63, 3.8) is 0 Å². The molecule has 17 heavy (non-hydrogen) atoms. The number of hydrogen-bond donors (Lipinski definition) is 2. The van der Waals surface area contributed by atoms with Gasteiger partial charge in [0.05, 0.1) is 11.7 Å². The minimum atomic E-state index is -4.33. The molecule has 0 heterocycles. The van der Waals surface area contributed by atoms with E-state index in [2.05, 4.69) is 5.32 Å². The van der Waals surface area contributed by atoms with Crippen molar-refractivity contribution in [3.05, 3.63) is 35.4 Å². The quantitative estimate of drug-likeness (QED) is 0.748. The van der Waals surface area contributed by atoms with Crippen molar-refractivity contribution in [2.45, 2.75) is 25.7 Å². The lowest BCUT2D eigenvalue weighted by atomic mass is 10.1. The van der Waals surface area contributed by atoms with Crippen molar-refractivity contribution < 1.29 is 30.7 Å². The Labute approximate surface area is 104 Å². The first kappa shape index (κ1) is 16.2. The van der Waals surface area contributed by atoms with Crippen molar-refractivity contribution in [3.8, 4) is 0 Å². The van der Waals surface area contributed by atoms with Gasteiger partial charge in [-0.15, -0.1) is 0 Å². The Morgan fingerprint density at radius 2 is 1.88 bits per heavy atom. The predicted molar refractivity (Wildman–Crippen MR) is 54.8 cm³/mol. The van der Waals surface area contributed by atoms with E-state index in [4.69, 9.17) is 5.11 Å². The average Bonchev–Trinajstić information content (AvgIpc) is 2.16. The number of rotatable bonds is 4. The lowest BCUT2D eigenvalue weighted by Crippen LogP contribution is -3.00. The van der Waals surface area contributed by atoms with E-state index < -0.39 is 17.8 Å². The van der Waals surface area contributed by atoms with Gasteiger partial charge in [-0.05, 0) is 18.6 Å². The zero-order chi connectivity index (χ0) is 12.2. The molecular weight excluding hydrogens is 255 g/mol. The van der Waals surface area contributed by atoms with Crippen LogP contribution in [0.5, 0.6) is 0 Å². The van der Waals surface area contributed by atoms with E-state index in [1.807, 2.05) is 0 Å². The zero-order valence-corrected chi connectivity index (χ0v) is 10.0. The van der Waals surface area contributed by atoms with Gasteiger partial charge < -0.3 is 22.8 Å². The molecule has 1 aromatic carbocycles. The maximum absolute atomic E-state index is 12.6. The third-order valence-corrected chi connectivity index (χ3v) is 2.08. The van der Waals surface area contributed by atoms with E-state index in [0.29, 0.717) is 0 Å². The molecule has 0 spiro atoms. The number of aliphatic hydroxyl groups excluding tert-OH is 1. The van der Waals surface area contributed by atoms with Gasteiger partial charge in [-0.2, -0.15) is 13.2 Å². The lowest BCUT2D eigenvalue weighted by molar-refractivity contribution is -0.138. The van der Waals surface area contributed by atoms with E-state index in [-0.39, 0.29) is 31.1 Å². The molecule has 0 aromatic heterocycles. The highest BCUT2D eigenvalue weighted by Gasteiger charge is 2.32. The predicted octanol–water partition coefficient (Wildman–Crippen LogP) is -0.820. The molecule has 6 heteroatoms. The fourth-order valence-electron chi connectivity index (χ4n) is 1.37. The van der Waals surface area contributed by atoms with Crippen LogP contribution in [0, 0.1) is 0 Å². The molecule has 98 valence electrons. The summed E-state index contributed by atoms with van der Waals surface area (Å²) in [6.45, 7) is 1.94. The van der Waals surface area contributed by atoms with Crippen molar-refractivity contribution in [1.82, 2.24) is 5.32 Å². The van der Waals surface area contributed by atoms with E-state index >= 15 is 0 Å². The summed E-state index contributed by atoms with van der Waals surface area (Å²) in [5.41, 5.74) is -0.441. The first-order valence-electron chi connectivity index (χ1n) is 4.95. The SMILES string of the molecule is CC(O)CNCc1ccccc1C(F)(F)F.[Cl-]. The van der Waals surface area contributed by atoms with Crippen molar-refractivity contribution in [2.75, 3.05) is 6.54 Å². The molecule has 1 unspecified atom stereocenters. The molecule has 0 amide bonds. The van der Waals surface area contributed by atoms with Crippen LogP contribution >= 0.6 is 0 Å². The first-order chi connectivity index (χ1) is 7.41. The van der Waals surface area contributed by atoms with Gasteiger partial charge in [0, 0.05) is 13.1 Å². The second-order valence-electron chi connectivity index (χ2n) is 3.63. The first-order valence-corrected chi connectivity index (χ1v) is 4.95. The van der Waals surface area contributed by atoms with Crippen molar-refractivity contribution in [2.24, 2.45) is 0 Å². The Morgan fingerprint density at radius 1 is 1.29 bits per heavy atom. The molecule has 0 radical (unpaired) electrons. The molecule has 2 N–H and O–H groups in total. The van der Waals surface area contributed by atoms with Crippen LogP contribution in [0.1, 0.15) is 18.1 Å². The Kier molecular flexibility index (Phi) is 6.52. The van der Waals surface area contributed by atoms with Crippen LogP contribution in [0.2, 0.25) is 0 Å². The number of aliphatic hydroxyl groups is 1. The maximum atomic E-state index is 12.6. The summed E-state index contributed by atoms with van der Waals surface area (Å²) < 4.78 is 37.7. The number of benzene rings is 1. The number of hydrogen-bond acceptors (Lipinski definition) is 2. The lowest BCUT2D eigenvalue weighted by Gasteiger charge is -2.13. The maximum Gasteiger partial charge on any atom is 0.416 e. The summed E-state index contributed by atoms with van der Waals surface area (Å²) in [4.78, 5) is 0. The molecule has 1 aromatic rings. The van der Waals surface area contributed by atoms with Gasteiger partial charge in [0.1, 0.15) is 0 Å². The molecule has 0 aliphatic heterocycles. The molecule has 0 aliphatic carbocycles. The van der Waals surface area contributed by atoms with Crippen LogP contribution in [0.15, 0.2) is 24.3 Å². The van der Waals surface area contributed by atoms with E-state index in [1.165, 1.54) is 12.1 Å². The normalized spacial score (nSPS) is 13.0. The number of halogens is 4. The minimum Gasteiger partial charge on any atom is -1.00 e. The molecule has 0 saturated carbocycles. The highest BCUT2D eigenvalue weighted by molar-refractivity contribution is 5.29. The summed E-state index contributed by atoms with van der Waals surface area (Å²) in [5.74, 6) is 0. The minimum absolute atomic E-state index is 0. The summed E-state index contributed by atoms with van der Waals surface area (Å²) in [5, 5.41) is 11.7. The molecule has 0 bridgehead atoms. The van der Waals surface area contributed by atoms with E-state index in [9.17, 15) is 13.2 Å². The van der Waals surface area contributed by atoms with Crippen molar-refractivity contribution >= 4 is 0 Å². The highest BCUT2D eigenvalue weighted by Crippen LogP contribution is 2.31. The van der Waals surface area contributed by atoms with E-state index in [1.54, 1.807) is 13.0 Å². The van der Waals surface area contributed by atoms with Crippen LogP contribution in [0.4, 0.5) is 13.2 Å². The third-order valence-electron chi connectivity index (χ3n) is 2.08. The largest absolute Gasteiger partial charge is 1.00 e. The molecule has 0 fully saturated rings. The highest BCUT2D eigenvalue weighted by atomic mass is 35.5. The molecule has 1 atom stereocenters. The Balaban J connectivity index is 0.00000256. The van der Waals surface area contributed by atoms with Crippen LogP contribution in [-0.4, -0.2) is 17.8 Å². The van der Waals surface area contributed by atoms with Crippen LogP contribution < -0.4 is 17.7 Å². The third kappa shape index (κ3) is 5.39. The number of alkyl halides is 3.